The molecule has 0 rings (SSSR count). The normalized spacial score (nSPS) is 15.9. The van der Waals surface area contributed by atoms with Gasteiger partial charge >= 0.3 is 0 Å². The van der Waals surface area contributed by atoms with Gasteiger partial charge in [-0.15, -0.1) is 0 Å². The Kier molecular flexibility index (Phi) is 12.0. The summed E-state index contributed by atoms with van der Waals surface area (Å²) in [5.74, 6) is 0. The lowest BCUT2D eigenvalue weighted by Crippen LogP contribution is -2.67. The molecule has 0 amide bonds. The lowest BCUT2D eigenvalue weighted by molar-refractivity contribution is -0.0566. The molecule has 0 spiro atoms. The molecular weight excluding hydrogens is 318 g/mol. The second-order valence-electron chi connectivity index (χ2n) is 6.56. The van der Waals surface area contributed by atoms with Gasteiger partial charge in [-0.25, -0.2) is 0 Å². The topological polar surface area (TPSA) is 30.5 Å². The van der Waals surface area contributed by atoms with Gasteiger partial charge in [0.1, 0.15) is 0 Å². The number of nitrogens with one attached hydrogen (secondary N) is 1. The van der Waals surface area contributed by atoms with Crippen molar-refractivity contribution in [3.05, 3.63) is 0 Å². The van der Waals surface area contributed by atoms with E-state index < -0.39 is 0 Å². The lowest BCUT2D eigenvalue weighted by Gasteiger charge is -2.50. The molecule has 0 fully saturated rings. The van der Waals surface area contributed by atoms with Gasteiger partial charge in [0, 0.05) is 44.8 Å². The summed E-state index contributed by atoms with van der Waals surface area (Å²) >= 11 is 0. The van der Waals surface area contributed by atoms with Crippen molar-refractivity contribution in [3.63, 3.8) is 0 Å². The van der Waals surface area contributed by atoms with E-state index in [9.17, 15) is 0 Å². The van der Waals surface area contributed by atoms with E-state index in [1.165, 1.54) is 32.6 Å². The van der Waals surface area contributed by atoms with Crippen LogP contribution < -0.4 is 5.32 Å². The minimum Gasteiger partial charge on any atom is -0.377 e. The van der Waals surface area contributed by atoms with E-state index in [0.29, 0.717) is 12.2 Å². The van der Waals surface area contributed by atoms with Crippen LogP contribution in [0.4, 0.5) is 0 Å². The molecule has 5 heteroatoms. The minimum absolute atomic E-state index is 0.0653. The molecule has 0 bridgehead atoms. The fourth-order valence-electron chi connectivity index (χ4n) is 4.16. The molecule has 0 saturated carbocycles. The Labute approximate surface area is 151 Å². The first-order valence-electron chi connectivity index (χ1n) is 10.0. The van der Waals surface area contributed by atoms with E-state index in [1.807, 2.05) is 0 Å². The summed E-state index contributed by atoms with van der Waals surface area (Å²) in [5, 5.41) is 4.15. The SMILES string of the molecule is CCOC(C[SiH3])C(CC)(CC)NC(CC)(CC)C(C[SiH3])OCC. The lowest BCUT2D eigenvalue weighted by atomic mass is 9.79. The highest BCUT2D eigenvalue weighted by Gasteiger charge is 2.45. The molecule has 0 radical (unpaired) electrons. The summed E-state index contributed by atoms with van der Waals surface area (Å²) in [4.78, 5) is 0. The molecule has 0 aromatic rings. The van der Waals surface area contributed by atoms with E-state index in [4.69, 9.17) is 9.47 Å². The number of hydrogen-bond donors (Lipinski definition) is 1. The van der Waals surface area contributed by atoms with Crippen molar-refractivity contribution >= 4 is 20.5 Å². The first-order chi connectivity index (χ1) is 11.0. The van der Waals surface area contributed by atoms with Gasteiger partial charge in [-0.1, -0.05) is 27.7 Å². The molecule has 1 N–H and O–H groups in total. The smallest absolute Gasteiger partial charge is 0.0725 e. The molecule has 0 heterocycles. The average molecular weight is 362 g/mol. The summed E-state index contributed by atoms with van der Waals surface area (Å²) in [7, 11) is 2.36. The molecule has 2 atom stereocenters. The van der Waals surface area contributed by atoms with Gasteiger partial charge in [-0.05, 0) is 51.6 Å². The van der Waals surface area contributed by atoms with E-state index in [-0.39, 0.29) is 11.1 Å². The van der Waals surface area contributed by atoms with Gasteiger partial charge in [-0.3, -0.25) is 0 Å². The zero-order valence-electron chi connectivity index (χ0n) is 17.1. The van der Waals surface area contributed by atoms with Gasteiger partial charge in [0.25, 0.3) is 0 Å². The van der Waals surface area contributed by atoms with Gasteiger partial charge < -0.3 is 14.8 Å². The Morgan fingerprint density at radius 2 is 1.00 bits per heavy atom. The fourth-order valence-corrected chi connectivity index (χ4v) is 6.19. The van der Waals surface area contributed by atoms with Crippen LogP contribution in [0.15, 0.2) is 0 Å². The highest BCUT2D eigenvalue weighted by atomic mass is 28.1. The van der Waals surface area contributed by atoms with E-state index in [1.54, 1.807) is 0 Å². The third-order valence-corrected chi connectivity index (χ3v) is 7.21. The van der Waals surface area contributed by atoms with Crippen molar-refractivity contribution in [2.75, 3.05) is 13.2 Å². The van der Waals surface area contributed by atoms with Crippen molar-refractivity contribution in [1.29, 1.82) is 0 Å². The zero-order valence-corrected chi connectivity index (χ0v) is 21.1. The Morgan fingerprint density at radius 1 is 0.696 bits per heavy atom. The van der Waals surface area contributed by atoms with E-state index in [0.717, 1.165) is 38.9 Å². The third kappa shape index (κ3) is 5.67. The van der Waals surface area contributed by atoms with Crippen molar-refractivity contribution < 1.29 is 9.47 Å². The monoisotopic (exact) mass is 361 g/mol. The number of hydrogen-bond acceptors (Lipinski definition) is 3. The van der Waals surface area contributed by atoms with Crippen LogP contribution in [0.25, 0.3) is 0 Å². The summed E-state index contributed by atoms with van der Waals surface area (Å²) in [6.45, 7) is 15.1. The van der Waals surface area contributed by atoms with Crippen LogP contribution >= 0.6 is 0 Å². The number of rotatable bonds is 14. The highest BCUT2D eigenvalue weighted by Crippen LogP contribution is 2.33. The molecule has 0 aliphatic heterocycles. The van der Waals surface area contributed by atoms with Crippen LogP contribution in [0, 0.1) is 0 Å². The maximum atomic E-state index is 6.19. The summed E-state index contributed by atoms with van der Waals surface area (Å²) < 4.78 is 12.4. The summed E-state index contributed by atoms with van der Waals surface area (Å²) in [6, 6.07) is 2.37. The fraction of sp³-hybridized carbons (Fsp3) is 1.00. The van der Waals surface area contributed by atoms with Crippen molar-refractivity contribution in [1.82, 2.24) is 5.32 Å². The second kappa shape index (κ2) is 11.8. The van der Waals surface area contributed by atoms with Crippen LogP contribution in [-0.4, -0.2) is 57.0 Å². The molecule has 3 nitrogen and oxygen atoms in total. The van der Waals surface area contributed by atoms with Crippen molar-refractivity contribution in [2.45, 2.75) is 103 Å². The Balaban J connectivity index is 5.69. The van der Waals surface area contributed by atoms with Gasteiger partial charge in [0.05, 0.1) is 12.2 Å². The van der Waals surface area contributed by atoms with Crippen LogP contribution in [0.5, 0.6) is 0 Å². The molecule has 0 saturated heterocycles. The summed E-state index contributed by atoms with van der Waals surface area (Å²) in [6.07, 6.45) is 5.08. The first kappa shape index (κ1) is 23.3. The number of ether oxygens (including phenoxy) is 2. The van der Waals surface area contributed by atoms with Crippen molar-refractivity contribution in [3.8, 4) is 0 Å². The van der Waals surface area contributed by atoms with Crippen LogP contribution in [-0.2, 0) is 9.47 Å². The predicted molar refractivity (Wildman–Crippen MR) is 110 cm³/mol. The largest absolute Gasteiger partial charge is 0.377 e. The summed E-state index contributed by atoms with van der Waals surface area (Å²) in [5.41, 5.74) is 0.131. The molecule has 140 valence electrons. The quantitative estimate of drug-likeness (QED) is 0.481. The molecular formula is C18H43NO2Si2. The van der Waals surface area contributed by atoms with Gasteiger partial charge in [0.2, 0.25) is 0 Å². The highest BCUT2D eigenvalue weighted by molar-refractivity contribution is 6.09. The van der Waals surface area contributed by atoms with E-state index in [2.05, 4.69) is 46.9 Å². The maximum absolute atomic E-state index is 6.19. The zero-order chi connectivity index (χ0) is 17.9. The van der Waals surface area contributed by atoms with Crippen LogP contribution in [0.2, 0.25) is 12.1 Å². The first-order valence-corrected chi connectivity index (χ1v) is 12.8. The Bertz CT molecular complexity index is 267. The van der Waals surface area contributed by atoms with Gasteiger partial charge in [-0.2, -0.15) is 0 Å². The van der Waals surface area contributed by atoms with Crippen molar-refractivity contribution in [2.24, 2.45) is 0 Å². The average Bonchev–Trinajstić information content (AvgIpc) is 2.60. The Morgan fingerprint density at radius 3 is 1.17 bits per heavy atom. The second-order valence-corrected chi connectivity index (χ2v) is 8.19. The molecule has 2 unspecified atom stereocenters. The maximum Gasteiger partial charge on any atom is 0.0725 e. The van der Waals surface area contributed by atoms with Crippen LogP contribution in [0.1, 0.15) is 67.2 Å². The predicted octanol–water partition coefficient (Wildman–Crippen LogP) is 2.07. The van der Waals surface area contributed by atoms with Gasteiger partial charge in [0.15, 0.2) is 0 Å². The minimum atomic E-state index is 0.0653. The van der Waals surface area contributed by atoms with E-state index >= 15 is 0 Å². The third-order valence-electron chi connectivity index (χ3n) is 5.73. The molecule has 0 aliphatic carbocycles. The molecule has 0 aliphatic rings. The molecule has 23 heavy (non-hydrogen) atoms. The molecule has 0 aromatic heterocycles. The molecule has 0 aromatic carbocycles. The Hall–Kier alpha value is 0.314. The standard InChI is InChI=1S/C18H43NO2Si2/c1-7-17(8-2,15(13-22)20-11-5)19-18(9-3,10-4)16(14-23)21-12-6/h15-16,19H,7-14H2,1-6,22-23H3. The van der Waals surface area contributed by atoms with Crippen LogP contribution in [0.3, 0.4) is 0 Å².